The van der Waals surface area contributed by atoms with Crippen LogP contribution < -0.4 is 11.0 Å². The zero-order valence-corrected chi connectivity index (χ0v) is 8.04. The average molecular weight is 207 g/mol. The molecule has 0 amide bonds. The minimum absolute atomic E-state index is 0.232. The van der Waals surface area contributed by atoms with Gasteiger partial charge in [-0.05, 0) is 0 Å². The summed E-state index contributed by atoms with van der Waals surface area (Å²) in [6.45, 7) is 0.232. The molecule has 15 heavy (non-hydrogen) atoms. The fraction of sp³-hybridized carbons (Fsp3) is 0.250. The van der Waals surface area contributed by atoms with E-state index in [-0.39, 0.29) is 6.54 Å². The molecule has 0 saturated carbocycles. The van der Waals surface area contributed by atoms with Gasteiger partial charge in [0.25, 0.3) is 0 Å². The summed E-state index contributed by atoms with van der Waals surface area (Å²) in [5.74, 6) is 0.738. The second kappa shape index (κ2) is 3.91. The van der Waals surface area contributed by atoms with Crippen LogP contribution in [0, 0.1) is 0 Å². The van der Waals surface area contributed by atoms with Crippen molar-refractivity contribution in [3.63, 3.8) is 0 Å². The Hall–Kier alpha value is -2.18. The van der Waals surface area contributed by atoms with Crippen LogP contribution in [0.3, 0.4) is 0 Å². The van der Waals surface area contributed by atoms with Crippen molar-refractivity contribution in [3.05, 3.63) is 35.2 Å². The van der Waals surface area contributed by atoms with E-state index in [1.165, 1.54) is 23.4 Å². The summed E-state index contributed by atoms with van der Waals surface area (Å²) in [6.07, 6.45) is 4.36. The highest BCUT2D eigenvalue weighted by atomic mass is 16.3. The summed E-state index contributed by atoms with van der Waals surface area (Å²) in [6, 6.07) is 0. The van der Waals surface area contributed by atoms with Crippen molar-refractivity contribution in [1.82, 2.24) is 19.5 Å². The molecule has 78 valence electrons. The molecule has 7 heteroatoms. The third-order valence-corrected chi connectivity index (χ3v) is 1.78. The highest BCUT2D eigenvalue weighted by Crippen LogP contribution is 1.96. The van der Waals surface area contributed by atoms with Gasteiger partial charge in [-0.1, -0.05) is 0 Å². The third kappa shape index (κ3) is 2.01. The number of hydrogen-bond donors (Lipinski definition) is 1. The maximum absolute atomic E-state index is 11.4. The summed E-state index contributed by atoms with van der Waals surface area (Å²) < 4.78 is 6.32. The first-order chi connectivity index (χ1) is 7.29. The maximum atomic E-state index is 11.4. The molecule has 0 spiro atoms. The van der Waals surface area contributed by atoms with Crippen LogP contribution in [0.2, 0.25) is 0 Å². The molecular weight excluding hydrogens is 198 g/mol. The molecule has 2 heterocycles. The van der Waals surface area contributed by atoms with Gasteiger partial charge in [0.2, 0.25) is 11.8 Å². The molecular formula is C8H9N5O2. The van der Waals surface area contributed by atoms with Crippen LogP contribution in [-0.4, -0.2) is 26.6 Å². The molecule has 0 aliphatic heterocycles. The third-order valence-electron chi connectivity index (χ3n) is 1.78. The molecule has 0 atom stereocenters. The highest BCUT2D eigenvalue weighted by molar-refractivity contribution is 5.18. The van der Waals surface area contributed by atoms with Crippen LogP contribution in [0.1, 0.15) is 5.89 Å². The normalized spacial score (nSPS) is 10.2. The number of anilines is 1. The smallest absolute Gasteiger partial charge is 0.352 e. The molecule has 2 aromatic rings. The fourth-order valence-electron chi connectivity index (χ4n) is 1.06. The van der Waals surface area contributed by atoms with E-state index in [0.717, 1.165) is 0 Å². The van der Waals surface area contributed by atoms with E-state index >= 15 is 0 Å². The Morgan fingerprint density at radius 3 is 3.00 bits per heavy atom. The molecule has 2 aromatic heterocycles. The first-order valence-electron chi connectivity index (χ1n) is 4.29. The second-order valence-electron chi connectivity index (χ2n) is 2.77. The van der Waals surface area contributed by atoms with Crippen molar-refractivity contribution in [2.24, 2.45) is 0 Å². The quantitative estimate of drug-likeness (QED) is 0.744. The number of hydrogen-bond acceptors (Lipinski definition) is 6. The topological polar surface area (TPSA) is 85.8 Å². The Kier molecular flexibility index (Phi) is 2.44. The molecule has 0 aliphatic carbocycles. The van der Waals surface area contributed by atoms with Gasteiger partial charge < -0.3 is 9.73 Å². The molecule has 0 unspecified atom stereocenters. The van der Waals surface area contributed by atoms with Gasteiger partial charge in [0, 0.05) is 7.05 Å². The molecule has 0 radical (unpaired) electrons. The minimum Gasteiger partial charge on any atom is -0.447 e. The highest BCUT2D eigenvalue weighted by Gasteiger charge is 2.03. The minimum atomic E-state index is -0.396. The molecule has 0 bridgehead atoms. The monoisotopic (exact) mass is 207 g/mol. The molecule has 0 aromatic carbocycles. The van der Waals surface area contributed by atoms with Crippen LogP contribution in [0.15, 0.2) is 28.0 Å². The fourth-order valence-corrected chi connectivity index (χ4v) is 1.06. The largest absolute Gasteiger partial charge is 0.447 e. The van der Waals surface area contributed by atoms with E-state index in [1.54, 1.807) is 7.05 Å². The van der Waals surface area contributed by atoms with Crippen LogP contribution >= 0.6 is 0 Å². The number of nitrogens with zero attached hydrogens (tertiary/aromatic N) is 4. The summed E-state index contributed by atoms with van der Waals surface area (Å²) in [4.78, 5) is 22.9. The Bertz CT molecular complexity index is 490. The van der Waals surface area contributed by atoms with Gasteiger partial charge in [-0.25, -0.2) is 14.8 Å². The van der Waals surface area contributed by atoms with Gasteiger partial charge in [0.05, 0.1) is 6.20 Å². The van der Waals surface area contributed by atoms with E-state index in [2.05, 4.69) is 20.3 Å². The Morgan fingerprint density at radius 1 is 1.53 bits per heavy atom. The number of oxazole rings is 1. The van der Waals surface area contributed by atoms with E-state index < -0.39 is 5.69 Å². The predicted octanol–water partition coefficient (Wildman–Crippen LogP) is -0.284. The van der Waals surface area contributed by atoms with E-state index in [4.69, 9.17) is 4.42 Å². The molecule has 7 nitrogen and oxygen atoms in total. The molecule has 2 rings (SSSR count). The molecule has 0 aliphatic rings. The van der Waals surface area contributed by atoms with E-state index in [9.17, 15) is 4.79 Å². The van der Waals surface area contributed by atoms with Gasteiger partial charge in [-0.15, -0.1) is 0 Å². The van der Waals surface area contributed by atoms with Crippen molar-refractivity contribution in [1.29, 1.82) is 0 Å². The number of aromatic nitrogens is 4. The van der Waals surface area contributed by atoms with E-state index in [1.807, 2.05) is 0 Å². The van der Waals surface area contributed by atoms with Crippen molar-refractivity contribution in [2.45, 2.75) is 6.54 Å². The van der Waals surface area contributed by atoms with Crippen molar-refractivity contribution in [3.8, 4) is 0 Å². The predicted molar refractivity (Wildman–Crippen MR) is 51.4 cm³/mol. The van der Waals surface area contributed by atoms with Gasteiger partial charge in [-0.2, -0.15) is 4.98 Å². The van der Waals surface area contributed by atoms with Crippen molar-refractivity contribution < 1.29 is 4.42 Å². The van der Waals surface area contributed by atoms with Crippen LogP contribution in [-0.2, 0) is 6.54 Å². The lowest BCUT2D eigenvalue weighted by atomic mass is 10.6. The standard InChI is InChI=1S/C8H9N5O2/c1-9-7-11-5-13(8(14)12-7)4-6-10-2-3-15-6/h2-3,5H,4H2,1H3,(H,9,12,14). The molecule has 0 fully saturated rings. The Balaban J connectivity index is 2.26. The van der Waals surface area contributed by atoms with Gasteiger partial charge >= 0.3 is 5.69 Å². The lowest BCUT2D eigenvalue weighted by molar-refractivity contribution is 0.470. The lowest BCUT2D eigenvalue weighted by Gasteiger charge is -2.01. The van der Waals surface area contributed by atoms with Crippen molar-refractivity contribution >= 4 is 5.95 Å². The maximum Gasteiger partial charge on any atom is 0.352 e. The summed E-state index contributed by atoms with van der Waals surface area (Å²) in [5.41, 5.74) is -0.396. The van der Waals surface area contributed by atoms with Crippen molar-refractivity contribution in [2.75, 3.05) is 12.4 Å². The number of nitrogens with one attached hydrogen (secondary N) is 1. The van der Waals surface area contributed by atoms with E-state index in [0.29, 0.717) is 11.8 Å². The first-order valence-corrected chi connectivity index (χ1v) is 4.29. The summed E-state index contributed by atoms with van der Waals surface area (Å²) in [5, 5.41) is 2.68. The van der Waals surface area contributed by atoms with Gasteiger partial charge in [-0.3, -0.25) is 4.57 Å². The molecule has 0 saturated heterocycles. The Labute approximate surface area is 84.8 Å². The summed E-state index contributed by atoms with van der Waals surface area (Å²) >= 11 is 0. The zero-order chi connectivity index (χ0) is 10.7. The molecule has 1 N–H and O–H groups in total. The van der Waals surface area contributed by atoms with Crippen LogP contribution in [0.4, 0.5) is 5.95 Å². The average Bonchev–Trinajstić information content (AvgIpc) is 2.74. The summed E-state index contributed by atoms with van der Waals surface area (Å²) in [7, 11) is 1.65. The lowest BCUT2D eigenvalue weighted by Crippen LogP contribution is -2.24. The zero-order valence-electron chi connectivity index (χ0n) is 8.04. The first kappa shape index (κ1) is 9.38. The van der Waals surface area contributed by atoms with Crippen LogP contribution in [0.5, 0.6) is 0 Å². The SMILES string of the molecule is CNc1ncn(Cc2ncco2)c(=O)n1. The van der Waals surface area contributed by atoms with Gasteiger partial charge in [0.1, 0.15) is 19.1 Å². The Morgan fingerprint density at radius 2 is 2.40 bits per heavy atom. The number of rotatable bonds is 3. The van der Waals surface area contributed by atoms with Gasteiger partial charge in [0.15, 0.2) is 0 Å². The van der Waals surface area contributed by atoms with Crippen LogP contribution in [0.25, 0.3) is 0 Å². The second-order valence-corrected chi connectivity index (χ2v) is 2.77.